The van der Waals surface area contributed by atoms with E-state index in [-0.39, 0.29) is 46.0 Å². The third kappa shape index (κ3) is 13.1. The van der Waals surface area contributed by atoms with Gasteiger partial charge in [-0.2, -0.15) is 0 Å². The summed E-state index contributed by atoms with van der Waals surface area (Å²) in [5, 5.41) is 5.24. The van der Waals surface area contributed by atoms with Crippen LogP contribution < -0.4 is 15.4 Å². The van der Waals surface area contributed by atoms with Crippen LogP contribution in [0.4, 0.5) is 4.79 Å². The summed E-state index contributed by atoms with van der Waals surface area (Å²) >= 11 is 0. The second-order valence-corrected chi connectivity index (χ2v) is 8.35. The minimum atomic E-state index is -0.841. The van der Waals surface area contributed by atoms with Crippen molar-refractivity contribution in [2.75, 3.05) is 46.7 Å². The molecule has 10 heteroatoms. The Bertz CT molecular complexity index is 953. The zero-order valence-corrected chi connectivity index (χ0v) is 22.1. The van der Waals surface area contributed by atoms with Gasteiger partial charge in [0.2, 0.25) is 5.91 Å². The van der Waals surface area contributed by atoms with E-state index in [4.69, 9.17) is 23.7 Å². The number of alkyl carbamates (subject to hydrolysis) is 1. The Balaban J connectivity index is 1.57. The van der Waals surface area contributed by atoms with Gasteiger partial charge >= 0.3 is 12.1 Å². The van der Waals surface area contributed by atoms with Gasteiger partial charge in [-0.1, -0.05) is 55.8 Å². The van der Waals surface area contributed by atoms with Crippen molar-refractivity contribution in [3.05, 3.63) is 65.7 Å². The zero-order valence-electron chi connectivity index (χ0n) is 22.1. The zero-order chi connectivity index (χ0) is 27.4. The van der Waals surface area contributed by atoms with E-state index in [1.165, 1.54) is 7.11 Å². The van der Waals surface area contributed by atoms with Gasteiger partial charge in [0.1, 0.15) is 25.0 Å². The molecule has 2 rings (SSSR count). The fourth-order valence-corrected chi connectivity index (χ4v) is 3.25. The minimum Gasteiger partial charge on any atom is -0.494 e. The summed E-state index contributed by atoms with van der Waals surface area (Å²) in [5.74, 6) is -0.224. The van der Waals surface area contributed by atoms with Crippen molar-refractivity contribution in [1.29, 1.82) is 0 Å². The molecular formula is C28H38N2O8. The molecule has 38 heavy (non-hydrogen) atoms. The predicted molar refractivity (Wildman–Crippen MR) is 141 cm³/mol. The fraction of sp³-hybridized carbons (Fsp3) is 0.464. The van der Waals surface area contributed by atoms with Crippen LogP contribution in [-0.4, -0.2) is 70.7 Å². The number of benzene rings is 2. The van der Waals surface area contributed by atoms with E-state index >= 15 is 0 Å². The van der Waals surface area contributed by atoms with Gasteiger partial charge in [0, 0.05) is 13.0 Å². The largest absolute Gasteiger partial charge is 0.494 e. The SMILES string of the molecule is CCCCOc1ccc(C[C@H](NC(=O)COCCOCCNC(=O)OCc2ccccc2)C(=O)OC)cc1. The maximum Gasteiger partial charge on any atom is 0.407 e. The smallest absolute Gasteiger partial charge is 0.407 e. The number of amides is 2. The molecule has 0 aromatic heterocycles. The summed E-state index contributed by atoms with van der Waals surface area (Å²) in [7, 11) is 1.28. The summed E-state index contributed by atoms with van der Waals surface area (Å²) in [6.45, 7) is 3.68. The Labute approximate surface area is 223 Å². The highest BCUT2D eigenvalue weighted by atomic mass is 16.6. The van der Waals surface area contributed by atoms with Crippen molar-refractivity contribution in [3.8, 4) is 5.75 Å². The van der Waals surface area contributed by atoms with Crippen LogP contribution in [0.2, 0.25) is 0 Å². The van der Waals surface area contributed by atoms with E-state index in [0.29, 0.717) is 6.61 Å². The molecule has 0 fully saturated rings. The molecule has 10 nitrogen and oxygen atoms in total. The van der Waals surface area contributed by atoms with Gasteiger partial charge in [-0.3, -0.25) is 4.79 Å². The van der Waals surface area contributed by atoms with Gasteiger partial charge in [-0.25, -0.2) is 9.59 Å². The molecule has 2 N–H and O–H groups in total. The van der Waals surface area contributed by atoms with Gasteiger partial charge in [-0.05, 0) is 29.7 Å². The standard InChI is InChI=1S/C28H38N2O8/c1-3-4-15-37-24-12-10-22(11-13-24)19-25(27(32)34-2)30-26(31)21-36-18-17-35-16-14-29-28(33)38-20-23-8-6-5-7-9-23/h5-13,25H,3-4,14-21H2,1-2H3,(H,29,33)(H,30,31)/t25-/m0/s1. The lowest BCUT2D eigenvalue weighted by Crippen LogP contribution is -2.44. The van der Waals surface area contributed by atoms with E-state index < -0.39 is 24.0 Å². The Hall–Kier alpha value is -3.63. The van der Waals surface area contributed by atoms with Crippen LogP contribution in [0.1, 0.15) is 30.9 Å². The Morgan fingerprint density at radius 3 is 2.32 bits per heavy atom. The number of esters is 1. The van der Waals surface area contributed by atoms with E-state index in [2.05, 4.69) is 17.6 Å². The fourth-order valence-electron chi connectivity index (χ4n) is 3.25. The molecule has 0 saturated heterocycles. The Kier molecular flexibility index (Phi) is 15.0. The second kappa shape index (κ2) is 18.6. The van der Waals surface area contributed by atoms with E-state index in [9.17, 15) is 14.4 Å². The lowest BCUT2D eigenvalue weighted by Gasteiger charge is -2.17. The van der Waals surface area contributed by atoms with E-state index in [1.807, 2.05) is 54.6 Å². The van der Waals surface area contributed by atoms with Crippen LogP contribution >= 0.6 is 0 Å². The molecule has 0 unspecified atom stereocenters. The van der Waals surface area contributed by atoms with Crippen molar-refractivity contribution in [2.24, 2.45) is 0 Å². The van der Waals surface area contributed by atoms with Gasteiger partial charge < -0.3 is 34.3 Å². The maximum atomic E-state index is 12.3. The number of carbonyl (C=O) groups excluding carboxylic acids is 3. The topological polar surface area (TPSA) is 121 Å². The van der Waals surface area contributed by atoms with Crippen molar-refractivity contribution < 1.29 is 38.1 Å². The first-order valence-electron chi connectivity index (χ1n) is 12.7. The molecule has 2 aromatic carbocycles. The molecule has 0 heterocycles. The molecule has 0 aliphatic carbocycles. The number of nitrogens with one attached hydrogen (secondary N) is 2. The number of hydrogen-bond donors (Lipinski definition) is 2. The number of methoxy groups -OCH3 is 1. The first-order chi connectivity index (χ1) is 18.5. The second-order valence-electron chi connectivity index (χ2n) is 8.35. The minimum absolute atomic E-state index is 0.175. The van der Waals surface area contributed by atoms with Crippen molar-refractivity contribution in [2.45, 2.75) is 38.8 Å². The highest BCUT2D eigenvalue weighted by Gasteiger charge is 2.22. The van der Waals surface area contributed by atoms with Gasteiger partial charge in [0.25, 0.3) is 0 Å². The normalized spacial score (nSPS) is 11.3. The van der Waals surface area contributed by atoms with E-state index in [0.717, 1.165) is 29.7 Å². The van der Waals surface area contributed by atoms with Crippen LogP contribution in [0.25, 0.3) is 0 Å². The Morgan fingerprint density at radius 1 is 0.868 bits per heavy atom. The number of rotatable bonds is 18. The first kappa shape index (κ1) is 30.6. The molecule has 0 radical (unpaired) electrons. The highest BCUT2D eigenvalue weighted by molar-refractivity contribution is 5.85. The van der Waals surface area contributed by atoms with Gasteiger partial charge in [0.15, 0.2) is 0 Å². The molecular weight excluding hydrogens is 492 g/mol. The summed E-state index contributed by atoms with van der Waals surface area (Å²) in [4.78, 5) is 36.1. The average Bonchev–Trinajstić information content (AvgIpc) is 2.94. The molecule has 208 valence electrons. The third-order valence-corrected chi connectivity index (χ3v) is 5.28. The number of carbonyl (C=O) groups is 3. The highest BCUT2D eigenvalue weighted by Crippen LogP contribution is 2.14. The summed E-state index contributed by atoms with van der Waals surface area (Å²) in [6, 6.07) is 15.9. The number of unbranched alkanes of at least 4 members (excludes halogenated alkanes) is 1. The van der Waals surface area contributed by atoms with Crippen LogP contribution in [0.3, 0.4) is 0 Å². The van der Waals surface area contributed by atoms with E-state index in [1.54, 1.807) is 0 Å². The molecule has 0 saturated carbocycles. The first-order valence-corrected chi connectivity index (χ1v) is 12.7. The molecule has 0 aliphatic rings. The van der Waals surface area contributed by atoms with Crippen LogP contribution in [0, 0.1) is 0 Å². The van der Waals surface area contributed by atoms with Crippen LogP contribution in [0.5, 0.6) is 5.75 Å². The van der Waals surface area contributed by atoms with Crippen molar-refractivity contribution >= 4 is 18.0 Å². The monoisotopic (exact) mass is 530 g/mol. The number of hydrogen-bond acceptors (Lipinski definition) is 8. The summed E-state index contributed by atoms with van der Waals surface area (Å²) < 4.78 is 26.3. The molecule has 1 atom stereocenters. The van der Waals surface area contributed by atoms with Crippen LogP contribution in [-0.2, 0) is 41.6 Å². The predicted octanol–water partition coefficient (Wildman–Crippen LogP) is 3.03. The molecule has 2 amide bonds. The lowest BCUT2D eigenvalue weighted by molar-refractivity contribution is -0.145. The average molecular weight is 531 g/mol. The molecule has 0 bridgehead atoms. The quantitative estimate of drug-likeness (QED) is 0.223. The maximum absolute atomic E-state index is 12.3. The molecule has 2 aromatic rings. The Morgan fingerprint density at radius 2 is 1.61 bits per heavy atom. The van der Waals surface area contributed by atoms with Gasteiger partial charge in [0.05, 0.1) is 33.5 Å². The van der Waals surface area contributed by atoms with Crippen molar-refractivity contribution in [1.82, 2.24) is 10.6 Å². The third-order valence-electron chi connectivity index (χ3n) is 5.28. The number of ether oxygens (including phenoxy) is 5. The lowest BCUT2D eigenvalue weighted by atomic mass is 10.1. The molecule has 0 aliphatic heterocycles. The van der Waals surface area contributed by atoms with Crippen LogP contribution in [0.15, 0.2) is 54.6 Å². The summed E-state index contributed by atoms with van der Waals surface area (Å²) in [5.41, 5.74) is 1.76. The molecule has 0 spiro atoms. The van der Waals surface area contributed by atoms with Crippen molar-refractivity contribution in [3.63, 3.8) is 0 Å². The van der Waals surface area contributed by atoms with Gasteiger partial charge in [-0.15, -0.1) is 0 Å². The summed E-state index contributed by atoms with van der Waals surface area (Å²) in [6.07, 6.45) is 1.79.